The first kappa shape index (κ1) is 18.5. The molecular weight excluding hydrogens is 389 g/mol. The van der Waals surface area contributed by atoms with Crippen LogP contribution in [0.4, 0.5) is 19.0 Å². The second kappa shape index (κ2) is 6.13. The number of nitrogens with one attached hydrogen (secondary N) is 1. The van der Waals surface area contributed by atoms with Gasteiger partial charge in [0.15, 0.2) is 0 Å². The SMILES string of the molecule is Nc1[nH]c(=O)c(C(=O)O)c(-c2cccc3scc(C(F)(F)F)c23)c1C(=O)O. The Bertz CT molecular complexity index is 1160. The number of halogens is 3. The second-order valence-corrected chi connectivity index (χ2v) is 6.34. The zero-order valence-corrected chi connectivity index (χ0v) is 13.9. The number of fused-ring (bicyclic) bond motifs is 1. The van der Waals surface area contributed by atoms with Gasteiger partial charge < -0.3 is 20.9 Å². The van der Waals surface area contributed by atoms with Gasteiger partial charge in [0.25, 0.3) is 5.56 Å². The van der Waals surface area contributed by atoms with Gasteiger partial charge in [-0.1, -0.05) is 12.1 Å². The quantitative estimate of drug-likeness (QED) is 0.535. The van der Waals surface area contributed by atoms with Crippen LogP contribution in [0.25, 0.3) is 21.2 Å². The van der Waals surface area contributed by atoms with Crippen molar-refractivity contribution in [3.63, 3.8) is 0 Å². The molecule has 0 radical (unpaired) electrons. The van der Waals surface area contributed by atoms with Gasteiger partial charge >= 0.3 is 18.1 Å². The van der Waals surface area contributed by atoms with Crippen LogP contribution < -0.4 is 11.3 Å². The summed E-state index contributed by atoms with van der Waals surface area (Å²) < 4.78 is 40.4. The number of alkyl halides is 3. The molecule has 0 aliphatic rings. The lowest BCUT2D eigenvalue weighted by Crippen LogP contribution is -2.24. The average molecular weight is 398 g/mol. The molecule has 3 rings (SSSR count). The number of rotatable bonds is 3. The maximum absolute atomic E-state index is 13.4. The van der Waals surface area contributed by atoms with Gasteiger partial charge in [-0.15, -0.1) is 11.3 Å². The van der Waals surface area contributed by atoms with E-state index in [9.17, 15) is 37.8 Å². The Morgan fingerprint density at radius 2 is 1.74 bits per heavy atom. The molecule has 11 heteroatoms. The fraction of sp³-hybridized carbons (Fsp3) is 0.0625. The fourth-order valence-corrected chi connectivity index (χ4v) is 3.81. The first-order valence-corrected chi connectivity index (χ1v) is 8.02. The lowest BCUT2D eigenvalue weighted by molar-refractivity contribution is -0.136. The standard InChI is InChI=1S/C16H9F3N2O5S/c17-16(18,19)6-4-27-7-3-1-2-5(8(6)7)9-10(14(23)24)12(20)21-13(22)11(9)15(25)26/h1-4H,(H,23,24)(H,25,26)(H3,20,21,22). The topological polar surface area (TPSA) is 133 Å². The molecule has 0 spiro atoms. The number of carboxylic acid groups (broad SMARTS) is 2. The minimum absolute atomic E-state index is 0.145. The van der Waals surface area contributed by atoms with Crippen molar-refractivity contribution in [2.45, 2.75) is 6.18 Å². The summed E-state index contributed by atoms with van der Waals surface area (Å²) in [5.74, 6) is -4.15. The molecule has 5 N–H and O–H groups in total. The van der Waals surface area contributed by atoms with Crippen molar-refractivity contribution in [2.75, 3.05) is 5.73 Å². The van der Waals surface area contributed by atoms with Gasteiger partial charge in [0.05, 0.1) is 5.56 Å². The number of aromatic nitrogens is 1. The van der Waals surface area contributed by atoms with Crippen molar-refractivity contribution in [1.82, 2.24) is 4.98 Å². The molecule has 7 nitrogen and oxygen atoms in total. The van der Waals surface area contributed by atoms with Crippen molar-refractivity contribution in [1.29, 1.82) is 0 Å². The molecule has 0 fully saturated rings. The first-order valence-electron chi connectivity index (χ1n) is 7.14. The third-order valence-corrected chi connectivity index (χ3v) is 4.79. The van der Waals surface area contributed by atoms with E-state index in [0.717, 1.165) is 22.8 Å². The van der Waals surface area contributed by atoms with Gasteiger partial charge in [-0.3, -0.25) is 4.79 Å². The van der Waals surface area contributed by atoms with E-state index in [2.05, 4.69) is 0 Å². The largest absolute Gasteiger partial charge is 0.478 e. The number of aromatic amines is 1. The molecule has 0 aliphatic heterocycles. The van der Waals surface area contributed by atoms with Gasteiger partial charge in [0.1, 0.15) is 16.9 Å². The fourth-order valence-electron chi connectivity index (χ4n) is 2.82. The predicted molar refractivity (Wildman–Crippen MR) is 91.2 cm³/mol. The Balaban J connectivity index is 2.59. The minimum Gasteiger partial charge on any atom is -0.478 e. The van der Waals surface area contributed by atoms with Gasteiger partial charge in [-0.25, -0.2) is 9.59 Å². The minimum atomic E-state index is -4.77. The van der Waals surface area contributed by atoms with Gasteiger partial charge in [-0.2, -0.15) is 13.2 Å². The molecule has 0 saturated carbocycles. The predicted octanol–water partition coefficient (Wildman–Crippen LogP) is 3.25. The van der Waals surface area contributed by atoms with Crippen molar-refractivity contribution in [2.24, 2.45) is 0 Å². The van der Waals surface area contributed by atoms with Gasteiger partial charge in [-0.05, 0) is 11.6 Å². The number of nitrogen functional groups attached to an aromatic ring is 1. The number of hydrogen-bond acceptors (Lipinski definition) is 5. The first-order chi connectivity index (χ1) is 12.5. The maximum atomic E-state index is 13.4. The molecule has 27 heavy (non-hydrogen) atoms. The van der Waals surface area contributed by atoms with Crippen LogP contribution in [-0.2, 0) is 6.18 Å². The third-order valence-electron chi connectivity index (χ3n) is 3.85. The number of anilines is 1. The zero-order valence-electron chi connectivity index (χ0n) is 13.0. The zero-order chi connectivity index (χ0) is 20.1. The van der Waals surface area contributed by atoms with Crippen LogP contribution in [0.3, 0.4) is 0 Å². The number of carboxylic acids is 2. The highest BCUT2D eigenvalue weighted by molar-refractivity contribution is 7.17. The molecule has 0 bridgehead atoms. The van der Waals surface area contributed by atoms with E-state index in [4.69, 9.17) is 5.73 Å². The molecule has 0 aliphatic carbocycles. The second-order valence-electron chi connectivity index (χ2n) is 5.43. The average Bonchev–Trinajstić information content (AvgIpc) is 2.97. The summed E-state index contributed by atoms with van der Waals surface area (Å²) in [5, 5.41) is 19.3. The number of H-pyrrole nitrogens is 1. The smallest absolute Gasteiger partial charge is 0.417 e. The van der Waals surface area contributed by atoms with Gasteiger partial charge in [0, 0.05) is 21.0 Å². The third kappa shape index (κ3) is 2.91. The monoisotopic (exact) mass is 398 g/mol. The number of benzene rings is 1. The van der Waals surface area contributed by atoms with E-state index in [0.29, 0.717) is 0 Å². The Labute approximate surface area is 151 Å². The van der Waals surface area contributed by atoms with E-state index in [-0.39, 0.29) is 10.3 Å². The van der Waals surface area contributed by atoms with Crippen molar-refractivity contribution < 1.29 is 33.0 Å². The van der Waals surface area contributed by atoms with Crippen molar-refractivity contribution in [3.8, 4) is 11.1 Å². The molecule has 3 aromatic rings. The lowest BCUT2D eigenvalue weighted by Gasteiger charge is -2.14. The van der Waals surface area contributed by atoms with Crippen molar-refractivity contribution >= 4 is 39.2 Å². The van der Waals surface area contributed by atoms with Crippen LogP contribution in [0, 0.1) is 0 Å². The summed E-state index contributed by atoms with van der Waals surface area (Å²) >= 11 is 0.755. The molecule has 1 aromatic carbocycles. The summed E-state index contributed by atoms with van der Waals surface area (Å²) in [5.41, 5.74) is 0.410. The van der Waals surface area contributed by atoms with Crippen LogP contribution >= 0.6 is 11.3 Å². The summed E-state index contributed by atoms with van der Waals surface area (Å²) in [6.45, 7) is 0. The highest BCUT2D eigenvalue weighted by Gasteiger charge is 2.36. The Morgan fingerprint density at radius 3 is 2.30 bits per heavy atom. The summed E-state index contributed by atoms with van der Waals surface area (Å²) in [6.07, 6.45) is -4.77. The molecular formula is C16H9F3N2O5S. The molecule has 2 aromatic heterocycles. The van der Waals surface area contributed by atoms with E-state index in [1.807, 2.05) is 4.98 Å². The Morgan fingerprint density at radius 1 is 1.11 bits per heavy atom. The normalized spacial score (nSPS) is 11.7. The van der Waals surface area contributed by atoms with Gasteiger partial charge in [0.2, 0.25) is 0 Å². The van der Waals surface area contributed by atoms with Crippen LogP contribution in [0.2, 0.25) is 0 Å². The Kier molecular flexibility index (Phi) is 4.19. The molecule has 0 amide bonds. The lowest BCUT2D eigenvalue weighted by atomic mass is 9.92. The van der Waals surface area contributed by atoms with E-state index >= 15 is 0 Å². The highest BCUT2D eigenvalue weighted by Crippen LogP contribution is 2.44. The number of pyridine rings is 1. The summed E-state index contributed by atoms with van der Waals surface area (Å²) in [4.78, 5) is 37.2. The van der Waals surface area contributed by atoms with Crippen LogP contribution in [0.5, 0.6) is 0 Å². The van der Waals surface area contributed by atoms with Crippen molar-refractivity contribution in [3.05, 3.63) is 50.6 Å². The van der Waals surface area contributed by atoms with Crippen LogP contribution in [0.1, 0.15) is 26.3 Å². The molecule has 0 atom stereocenters. The summed E-state index contributed by atoms with van der Waals surface area (Å²) in [6, 6.07) is 3.83. The Hall–Kier alpha value is -3.34. The van der Waals surface area contributed by atoms with Crippen LogP contribution in [-0.4, -0.2) is 27.1 Å². The molecule has 0 unspecified atom stereocenters. The highest BCUT2D eigenvalue weighted by atomic mass is 32.1. The molecule has 0 saturated heterocycles. The summed E-state index contributed by atoms with van der Waals surface area (Å²) in [7, 11) is 0. The maximum Gasteiger partial charge on any atom is 0.417 e. The number of carbonyl (C=O) groups is 2. The van der Waals surface area contributed by atoms with E-state index < -0.39 is 57.1 Å². The van der Waals surface area contributed by atoms with Crippen LogP contribution in [0.15, 0.2) is 28.4 Å². The molecule has 2 heterocycles. The number of nitrogens with two attached hydrogens (primary N) is 1. The van der Waals surface area contributed by atoms with E-state index in [1.54, 1.807) is 0 Å². The van der Waals surface area contributed by atoms with E-state index in [1.165, 1.54) is 12.1 Å². The number of thiophene rings is 1. The number of aromatic carboxylic acids is 2. The molecule has 140 valence electrons. The number of hydrogen-bond donors (Lipinski definition) is 4.